The minimum atomic E-state index is -0.0883. The number of H-pyrrole nitrogens is 4. The zero-order valence-electron chi connectivity index (χ0n) is 57.8. The number of para-hydroxylation sites is 5. The molecule has 0 radical (unpaired) electrons. The zero-order valence-corrected chi connectivity index (χ0v) is 57.8. The summed E-state index contributed by atoms with van der Waals surface area (Å²) in [7, 11) is 0. The minimum Gasteiger partial charge on any atom is -0.310 e. The van der Waals surface area contributed by atoms with Crippen molar-refractivity contribution in [1.82, 2.24) is 49.8 Å². The van der Waals surface area contributed by atoms with E-state index in [1.165, 1.54) is 21.9 Å². The first-order valence-electron chi connectivity index (χ1n) is 35.3. The third kappa shape index (κ3) is 16.1. The number of aromatic amines is 4. The van der Waals surface area contributed by atoms with Crippen LogP contribution in [0.2, 0.25) is 0 Å². The lowest BCUT2D eigenvalue weighted by Gasteiger charge is -2.06. The summed E-state index contributed by atoms with van der Waals surface area (Å²) < 4.78 is 0. The van der Waals surface area contributed by atoms with Crippen LogP contribution in [0.15, 0.2) is 288 Å². The highest BCUT2D eigenvalue weighted by atomic mass is 16.1. The van der Waals surface area contributed by atoms with Crippen molar-refractivity contribution in [1.29, 1.82) is 0 Å². The number of pyridine rings is 2. The van der Waals surface area contributed by atoms with Gasteiger partial charge in [0.15, 0.2) is 0 Å². The van der Waals surface area contributed by atoms with E-state index in [-0.39, 0.29) is 22.2 Å². The summed E-state index contributed by atoms with van der Waals surface area (Å²) in [5, 5.41) is 6.07. The van der Waals surface area contributed by atoms with Crippen LogP contribution in [0.4, 0.5) is 0 Å². The standard InChI is InChI=1S/C24H19N3O.C23H18N4O.C21H19N3O.C19H16N4O/c28-24-20-9-3-4-11-21(20)26-23(27-24)15-13-17-12-14-22(25-17)19-10-5-7-16-6-1-2-8-18(16)19;28-23-18-7-1-2-9-19(18)26-21(27-23)13-11-16-10-12-20(25-16)17-8-3-5-15-6-4-14-24-22(15)17;1-14-5-4-6-15(13-14)18-11-9-16(22-18)10-12-20-23-19-8-3-2-7-17(19)21(25)24-20;24-19-15-3-1-2-4-17(15)22-18(23-19)8-6-14-5-7-16(21-14)13-9-11-20-12-10-13/h1-11,14H,12-13,15H2,(H,26,27,28);1-9,12,14H,10-11,13H2,(H,26,27,28);2-8,11,13H,9-10,12H2,1H3,(H,23,24,25);1-4,7,9-12H,5-6,8H2,(H,22,23,24). The lowest BCUT2D eigenvalue weighted by Crippen LogP contribution is -2.12. The molecule has 10 heterocycles. The molecule has 18 nitrogen and oxygen atoms in total. The highest BCUT2D eigenvalue weighted by Gasteiger charge is 2.19. The van der Waals surface area contributed by atoms with Crippen LogP contribution in [0, 0.1) is 6.92 Å². The number of hydrogen-bond acceptors (Lipinski definition) is 14. The molecule has 0 unspecified atom stereocenters. The van der Waals surface area contributed by atoms with E-state index < -0.39 is 0 Å². The van der Waals surface area contributed by atoms with E-state index in [1.54, 1.807) is 36.7 Å². The topological polar surface area (TPSA) is 258 Å². The van der Waals surface area contributed by atoms with Gasteiger partial charge in [-0.1, -0.05) is 163 Å². The van der Waals surface area contributed by atoms with Crippen molar-refractivity contribution in [2.24, 2.45) is 20.0 Å². The Labute approximate surface area is 603 Å². The molecule has 0 saturated heterocycles. The van der Waals surface area contributed by atoms with Gasteiger partial charge in [0, 0.05) is 120 Å². The Hall–Kier alpha value is -13.2. The molecule has 0 atom stereocenters. The first-order chi connectivity index (χ1) is 51.5. The molecule has 4 N–H and O–H groups in total. The molecular weight excluding hydrogens is 1310 g/mol. The summed E-state index contributed by atoms with van der Waals surface area (Å²) >= 11 is 0. The molecule has 105 heavy (non-hydrogen) atoms. The van der Waals surface area contributed by atoms with E-state index >= 15 is 0 Å². The molecule has 0 aliphatic carbocycles. The summed E-state index contributed by atoms with van der Waals surface area (Å²) in [6, 6.07) is 66.9. The average molecular weight is 1380 g/mol. The maximum absolute atomic E-state index is 12.2. The molecule has 6 aromatic heterocycles. The van der Waals surface area contributed by atoms with Crippen molar-refractivity contribution < 1.29 is 0 Å². The molecule has 14 aromatic rings. The fraction of sp³-hybridized carbons (Fsp3) is 0.149. The Morgan fingerprint density at radius 1 is 0.314 bits per heavy atom. The van der Waals surface area contributed by atoms with E-state index in [2.05, 4.69) is 171 Å². The number of aliphatic imine (C=N–C) groups is 4. The minimum absolute atomic E-state index is 0.0764. The maximum atomic E-state index is 12.2. The second kappa shape index (κ2) is 31.3. The van der Waals surface area contributed by atoms with Crippen LogP contribution < -0.4 is 22.2 Å². The van der Waals surface area contributed by atoms with Gasteiger partial charge in [-0.05, 0) is 116 Å². The quantitative estimate of drug-likeness (QED) is 0.0711. The summed E-state index contributed by atoms with van der Waals surface area (Å²) in [6.45, 7) is 2.09. The summed E-state index contributed by atoms with van der Waals surface area (Å²) in [5.74, 6) is 2.84. The number of fused-ring (bicyclic) bond motifs is 6. The lowest BCUT2D eigenvalue weighted by molar-refractivity contribution is 0.896. The van der Waals surface area contributed by atoms with Gasteiger partial charge in [0.1, 0.15) is 23.3 Å². The highest BCUT2D eigenvalue weighted by molar-refractivity contribution is 6.03. The largest absolute Gasteiger partial charge is 0.310 e. The molecule has 8 aromatic carbocycles. The first-order valence-corrected chi connectivity index (χ1v) is 35.3. The molecule has 0 bridgehead atoms. The number of aryl methyl sites for hydroxylation is 5. The Morgan fingerprint density at radius 2 is 0.676 bits per heavy atom. The first kappa shape index (κ1) is 67.6. The molecule has 0 fully saturated rings. The van der Waals surface area contributed by atoms with Crippen molar-refractivity contribution in [2.75, 3.05) is 0 Å². The van der Waals surface area contributed by atoms with Gasteiger partial charge in [-0.25, -0.2) is 19.9 Å². The number of benzene rings is 8. The van der Waals surface area contributed by atoms with E-state index in [4.69, 9.17) is 15.0 Å². The predicted octanol–water partition coefficient (Wildman–Crippen LogP) is 16.4. The zero-order chi connectivity index (χ0) is 71.4. The molecular formula is C87H72N14O4. The van der Waals surface area contributed by atoms with Gasteiger partial charge in [0.05, 0.1) is 71.9 Å². The Balaban J connectivity index is 0.000000113. The second-order valence-electron chi connectivity index (χ2n) is 26.0. The molecule has 0 amide bonds. The van der Waals surface area contributed by atoms with E-state index in [0.29, 0.717) is 64.7 Å². The monoisotopic (exact) mass is 1380 g/mol. The number of nitrogens with zero attached hydrogens (tertiary/aromatic N) is 10. The fourth-order valence-electron chi connectivity index (χ4n) is 13.4. The van der Waals surface area contributed by atoms with E-state index in [9.17, 15) is 19.2 Å². The van der Waals surface area contributed by atoms with Gasteiger partial charge in [0.2, 0.25) is 0 Å². The van der Waals surface area contributed by atoms with Crippen LogP contribution in [-0.4, -0.2) is 72.7 Å². The van der Waals surface area contributed by atoms with Gasteiger partial charge in [-0.3, -0.25) is 49.1 Å². The molecule has 4 aliphatic heterocycles. The third-order valence-corrected chi connectivity index (χ3v) is 18.8. The van der Waals surface area contributed by atoms with Gasteiger partial charge in [-0.2, -0.15) is 0 Å². The smallest absolute Gasteiger partial charge is 0.258 e. The number of hydrogen-bond donors (Lipinski definition) is 4. The van der Waals surface area contributed by atoms with Crippen molar-refractivity contribution in [3.63, 3.8) is 0 Å². The van der Waals surface area contributed by atoms with E-state index in [1.807, 2.05) is 103 Å². The number of aromatic nitrogens is 10. The molecule has 18 heteroatoms. The average Bonchev–Trinajstić information content (AvgIpc) is 1.78. The molecule has 18 rings (SSSR count). The van der Waals surface area contributed by atoms with Gasteiger partial charge >= 0.3 is 0 Å². The molecule has 4 aliphatic rings. The molecule has 0 spiro atoms. The maximum Gasteiger partial charge on any atom is 0.258 e. The Kier molecular flexibility index (Phi) is 20.2. The molecule has 514 valence electrons. The third-order valence-electron chi connectivity index (χ3n) is 18.8. The lowest BCUT2D eigenvalue weighted by atomic mass is 10.0. The van der Waals surface area contributed by atoms with Crippen LogP contribution in [0.1, 0.15) is 102 Å². The fourth-order valence-corrected chi connectivity index (χ4v) is 13.4. The summed E-state index contributed by atoms with van der Waals surface area (Å²) in [5.41, 5.74) is 17.8. The van der Waals surface area contributed by atoms with Crippen LogP contribution in [-0.2, 0) is 25.7 Å². The predicted molar refractivity (Wildman–Crippen MR) is 424 cm³/mol. The molecule has 0 saturated carbocycles. The van der Waals surface area contributed by atoms with Crippen molar-refractivity contribution in [3.05, 3.63) is 342 Å². The van der Waals surface area contributed by atoms with Crippen LogP contribution in [0.25, 0.3) is 88.1 Å². The van der Waals surface area contributed by atoms with Crippen LogP contribution >= 0.6 is 0 Å². The van der Waals surface area contributed by atoms with Crippen LogP contribution in [0.3, 0.4) is 0 Å². The van der Waals surface area contributed by atoms with Gasteiger partial charge in [0.25, 0.3) is 22.2 Å². The summed E-state index contributed by atoms with van der Waals surface area (Å²) in [6.07, 6.45) is 23.2. The Morgan fingerprint density at radius 3 is 1.14 bits per heavy atom. The van der Waals surface area contributed by atoms with E-state index in [0.717, 1.165) is 152 Å². The Bertz CT molecular complexity index is 5980. The van der Waals surface area contributed by atoms with Crippen molar-refractivity contribution in [3.8, 4) is 0 Å². The van der Waals surface area contributed by atoms with Crippen LogP contribution in [0.5, 0.6) is 0 Å². The van der Waals surface area contributed by atoms with Gasteiger partial charge in [-0.15, -0.1) is 0 Å². The number of nitrogens with one attached hydrogen (secondary N) is 4. The van der Waals surface area contributed by atoms with Crippen molar-refractivity contribution >= 4 is 111 Å². The summed E-state index contributed by atoms with van der Waals surface area (Å²) in [4.78, 5) is 106. The van der Waals surface area contributed by atoms with Crippen molar-refractivity contribution in [2.45, 2.75) is 84.0 Å². The highest BCUT2D eigenvalue weighted by Crippen LogP contribution is 2.32. The van der Waals surface area contributed by atoms with Gasteiger partial charge < -0.3 is 19.9 Å². The number of rotatable bonds is 16. The second-order valence-corrected chi connectivity index (χ2v) is 26.0. The SMILES string of the molecule is Cc1cccc(C2=CCC(CCc3nc4ccccc4c(=O)[nH]3)=N2)c1.O=c1[nH]c(CCC2=NC(c3cccc4ccccc34)=CC2)nc2ccccc12.O=c1[nH]c(CCC2=NC(c3cccc4cccnc34)=CC2)nc2ccccc12.O=c1[nH]c(CCC2=NC(c3ccncc3)=CC2)nc2ccccc12. The normalized spacial score (nSPS) is 13.8. The number of allylic oxidation sites excluding steroid dienone is 4.